The second-order valence-corrected chi connectivity index (χ2v) is 6.52. The van der Waals surface area contributed by atoms with Crippen molar-refractivity contribution >= 4 is 10.9 Å². The molecule has 2 aromatic rings. The zero-order valence-corrected chi connectivity index (χ0v) is 13.1. The summed E-state index contributed by atoms with van der Waals surface area (Å²) in [5, 5.41) is 5.00. The van der Waals surface area contributed by atoms with Crippen molar-refractivity contribution < 1.29 is 4.74 Å². The topological polar surface area (TPSA) is 26.2 Å². The lowest BCUT2D eigenvalue weighted by Crippen LogP contribution is -2.34. The van der Waals surface area contributed by atoms with Gasteiger partial charge in [-0.25, -0.2) is 0 Å². The Labute approximate surface area is 127 Å². The van der Waals surface area contributed by atoms with Crippen molar-refractivity contribution in [1.29, 1.82) is 0 Å². The first-order valence-corrected chi connectivity index (χ1v) is 8.11. The molecule has 114 valence electrons. The van der Waals surface area contributed by atoms with Crippen molar-refractivity contribution in [2.24, 2.45) is 5.92 Å². The fourth-order valence-electron chi connectivity index (χ4n) is 3.08. The van der Waals surface area contributed by atoms with Crippen LogP contribution in [0.25, 0.3) is 10.9 Å². The highest BCUT2D eigenvalue weighted by Gasteiger charge is 2.12. The van der Waals surface area contributed by atoms with Crippen molar-refractivity contribution in [2.45, 2.75) is 45.8 Å². The lowest BCUT2D eigenvalue weighted by molar-refractivity contribution is 0.0776. The van der Waals surface area contributed by atoms with Crippen LogP contribution in [0.3, 0.4) is 0 Å². The summed E-state index contributed by atoms with van der Waals surface area (Å²) < 4.78 is 7.76. The number of nitrogens with one attached hydrogen (secondary N) is 1. The maximum absolute atomic E-state index is 5.40. The second-order valence-electron chi connectivity index (χ2n) is 6.52. The monoisotopic (exact) mass is 286 g/mol. The molecule has 21 heavy (non-hydrogen) atoms. The van der Waals surface area contributed by atoms with E-state index in [1.165, 1.54) is 16.5 Å². The highest BCUT2D eigenvalue weighted by atomic mass is 16.5. The highest BCUT2D eigenvalue weighted by Crippen LogP contribution is 2.19. The van der Waals surface area contributed by atoms with Gasteiger partial charge in [0.25, 0.3) is 0 Å². The fourth-order valence-corrected chi connectivity index (χ4v) is 3.08. The number of nitrogens with zero attached hydrogens (tertiary/aromatic N) is 1. The van der Waals surface area contributed by atoms with Gasteiger partial charge in [0.1, 0.15) is 0 Å². The molecule has 1 N–H and O–H groups in total. The van der Waals surface area contributed by atoms with E-state index in [2.05, 4.69) is 54.2 Å². The van der Waals surface area contributed by atoms with Gasteiger partial charge >= 0.3 is 0 Å². The van der Waals surface area contributed by atoms with Crippen molar-refractivity contribution in [1.82, 2.24) is 9.88 Å². The van der Waals surface area contributed by atoms with Crippen molar-refractivity contribution in [2.75, 3.05) is 13.2 Å². The van der Waals surface area contributed by atoms with Crippen LogP contribution in [0.15, 0.2) is 30.5 Å². The molecule has 2 heterocycles. The average molecular weight is 286 g/mol. The van der Waals surface area contributed by atoms with Gasteiger partial charge in [0.05, 0.1) is 0 Å². The van der Waals surface area contributed by atoms with Gasteiger partial charge in [-0.3, -0.25) is 0 Å². The molecule has 1 fully saturated rings. The molecule has 0 amide bonds. The van der Waals surface area contributed by atoms with Gasteiger partial charge in [0.15, 0.2) is 0 Å². The lowest BCUT2D eigenvalue weighted by Gasteiger charge is -2.23. The van der Waals surface area contributed by atoms with E-state index in [9.17, 15) is 0 Å². The largest absolute Gasteiger partial charge is 0.381 e. The predicted molar refractivity (Wildman–Crippen MR) is 87.5 cm³/mol. The van der Waals surface area contributed by atoms with Crippen LogP contribution in [0, 0.1) is 5.92 Å². The van der Waals surface area contributed by atoms with Crippen LogP contribution >= 0.6 is 0 Å². The Bertz CT molecular complexity index is 582. The fraction of sp³-hybridized carbons (Fsp3) is 0.556. The molecule has 0 unspecified atom stereocenters. The molecule has 1 aliphatic rings. The molecule has 0 saturated carbocycles. The molecule has 1 aromatic heterocycles. The SMILES string of the molecule is CC(C)Cn1ccc2cc(CNC3CCOCC3)ccc21. The third kappa shape index (κ3) is 3.66. The summed E-state index contributed by atoms with van der Waals surface area (Å²) in [6, 6.07) is 9.68. The normalized spacial score (nSPS) is 16.9. The Morgan fingerprint density at radius 1 is 1.24 bits per heavy atom. The summed E-state index contributed by atoms with van der Waals surface area (Å²) in [4.78, 5) is 0. The van der Waals surface area contributed by atoms with E-state index >= 15 is 0 Å². The molecule has 3 nitrogen and oxygen atoms in total. The molecule has 1 aromatic carbocycles. The summed E-state index contributed by atoms with van der Waals surface area (Å²) in [7, 11) is 0. The molecular weight excluding hydrogens is 260 g/mol. The Hall–Kier alpha value is -1.32. The quantitative estimate of drug-likeness (QED) is 0.909. The Morgan fingerprint density at radius 2 is 2.05 bits per heavy atom. The molecule has 1 saturated heterocycles. The molecule has 0 atom stereocenters. The van der Waals surface area contributed by atoms with Crippen LogP contribution in [0.1, 0.15) is 32.3 Å². The summed E-state index contributed by atoms with van der Waals surface area (Å²) in [6.45, 7) is 8.36. The number of rotatable bonds is 5. The minimum Gasteiger partial charge on any atom is -0.381 e. The predicted octanol–water partition coefficient (Wildman–Crippen LogP) is 3.57. The van der Waals surface area contributed by atoms with E-state index in [4.69, 9.17) is 4.74 Å². The Balaban J connectivity index is 1.66. The van der Waals surface area contributed by atoms with Crippen LogP contribution in [-0.4, -0.2) is 23.8 Å². The number of fused-ring (bicyclic) bond motifs is 1. The molecule has 0 bridgehead atoms. The van der Waals surface area contributed by atoms with E-state index in [1.807, 2.05) is 0 Å². The number of hydrogen-bond acceptors (Lipinski definition) is 2. The van der Waals surface area contributed by atoms with E-state index in [1.54, 1.807) is 0 Å². The van der Waals surface area contributed by atoms with E-state index in [-0.39, 0.29) is 0 Å². The molecule has 0 radical (unpaired) electrons. The first-order chi connectivity index (χ1) is 10.2. The maximum atomic E-state index is 5.40. The van der Waals surface area contributed by atoms with Crippen LogP contribution in [-0.2, 0) is 17.8 Å². The zero-order valence-electron chi connectivity index (χ0n) is 13.1. The second kappa shape index (κ2) is 6.63. The molecule has 1 aliphatic heterocycles. The molecule has 0 aliphatic carbocycles. The smallest absolute Gasteiger partial charge is 0.0480 e. The minimum atomic E-state index is 0.611. The Kier molecular flexibility index (Phi) is 4.61. The standard InChI is InChI=1S/C18H26N2O/c1-14(2)13-20-8-5-16-11-15(3-4-18(16)20)12-19-17-6-9-21-10-7-17/h3-5,8,11,14,17,19H,6-7,9-10,12-13H2,1-2H3. The van der Waals surface area contributed by atoms with Gasteiger partial charge in [0, 0.05) is 44.1 Å². The molecular formula is C18H26N2O. The number of hydrogen-bond donors (Lipinski definition) is 1. The Morgan fingerprint density at radius 3 is 2.81 bits per heavy atom. The average Bonchev–Trinajstić information content (AvgIpc) is 2.88. The maximum Gasteiger partial charge on any atom is 0.0480 e. The number of ether oxygens (including phenoxy) is 1. The van der Waals surface area contributed by atoms with Gasteiger partial charge in [0.2, 0.25) is 0 Å². The van der Waals surface area contributed by atoms with Crippen molar-refractivity contribution in [3.8, 4) is 0 Å². The summed E-state index contributed by atoms with van der Waals surface area (Å²) in [5.74, 6) is 0.676. The van der Waals surface area contributed by atoms with Crippen molar-refractivity contribution in [3.05, 3.63) is 36.0 Å². The number of aromatic nitrogens is 1. The summed E-state index contributed by atoms with van der Waals surface area (Å²) >= 11 is 0. The van der Waals surface area contributed by atoms with Gasteiger partial charge in [-0.15, -0.1) is 0 Å². The minimum absolute atomic E-state index is 0.611. The third-order valence-corrected chi connectivity index (χ3v) is 4.21. The molecule has 3 rings (SSSR count). The van der Waals surface area contributed by atoms with Crippen LogP contribution in [0.4, 0.5) is 0 Å². The highest BCUT2D eigenvalue weighted by molar-refractivity contribution is 5.80. The summed E-state index contributed by atoms with van der Waals surface area (Å²) in [5.41, 5.74) is 2.72. The van der Waals surface area contributed by atoms with E-state index in [0.29, 0.717) is 12.0 Å². The number of benzene rings is 1. The van der Waals surface area contributed by atoms with Crippen LogP contribution in [0.2, 0.25) is 0 Å². The van der Waals surface area contributed by atoms with Gasteiger partial charge < -0.3 is 14.6 Å². The first-order valence-electron chi connectivity index (χ1n) is 8.11. The van der Waals surface area contributed by atoms with E-state index in [0.717, 1.165) is 39.1 Å². The van der Waals surface area contributed by atoms with Crippen LogP contribution in [0.5, 0.6) is 0 Å². The van der Waals surface area contributed by atoms with Crippen molar-refractivity contribution in [3.63, 3.8) is 0 Å². The molecule has 3 heteroatoms. The van der Waals surface area contributed by atoms with Crippen LogP contribution < -0.4 is 5.32 Å². The first kappa shape index (κ1) is 14.6. The summed E-state index contributed by atoms with van der Waals surface area (Å²) in [6.07, 6.45) is 4.47. The van der Waals surface area contributed by atoms with Gasteiger partial charge in [-0.2, -0.15) is 0 Å². The van der Waals surface area contributed by atoms with Gasteiger partial charge in [-0.05, 0) is 47.9 Å². The molecule has 0 spiro atoms. The van der Waals surface area contributed by atoms with Gasteiger partial charge in [-0.1, -0.05) is 19.9 Å². The van der Waals surface area contributed by atoms with E-state index < -0.39 is 0 Å². The third-order valence-electron chi connectivity index (χ3n) is 4.21. The zero-order chi connectivity index (χ0) is 14.7. The lowest BCUT2D eigenvalue weighted by atomic mass is 10.1.